The van der Waals surface area contributed by atoms with Gasteiger partial charge in [-0.2, -0.15) is 24.5 Å². The zero-order valence-corrected chi connectivity index (χ0v) is 18.3. The Morgan fingerprint density at radius 3 is 2.44 bits per heavy atom. The van der Waals surface area contributed by atoms with Gasteiger partial charge in [0, 0.05) is 17.6 Å². The Kier molecular flexibility index (Phi) is 7.78. The Morgan fingerprint density at radius 2 is 1.88 bits per heavy atom. The van der Waals surface area contributed by atoms with Gasteiger partial charge in [0.15, 0.2) is 0 Å². The molecule has 1 aromatic heterocycles. The molecule has 2 atom stereocenters. The number of aryl methyl sites for hydroxylation is 1. The van der Waals surface area contributed by atoms with Crippen molar-refractivity contribution in [2.75, 3.05) is 11.9 Å². The number of benzene rings is 1. The number of carbonyl (C=O) groups is 2. The van der Waals surface area contributed by atoms with Crippen LogP contribution in [0.25, 0.3) is 11.1 Å². The molecule has 0 saturated carbocycles. The molecule has 32 heavy (non-hydrogen) atoms. The maximum atomic E-state index is 12.3. The molecule has 0 spiro atoms. The third kappa shape index (κ3) is 6.70. The van der Waals surface area contributed by atoms with E-state index in [0.29, 0.717) is 24.6 Å². The molecule has 1 aromatic carbocycles. The Hall–Kier alpha value is -2.59. The zero-order chi connectivity index (χ0) is 23.3. The fraction of sp³-hybridized carbons (Fsp3) is 0.455. The Bertz CT molecular complexity index is 922. The van der Waals surface area contributed by atoms with E-state index in [2.05, 4.69) is 35.1 Å². The van der Waals surface area contributed by atoms with E-state index in [1.807, 2.05) is 17.5 Å². The number of anilines is 1. The highest BCUT2D eigenvalue weighted by molar-refractivity contribution is 7.08. The highest BCUT2D eigenvalue weighted by atomic mass is 32.1. The number of aliphatic carboxylic acids is 1. The van der Waals surface area contributed by atoms with Crippen LogP contribution in [0.15, 0.2) is 35.0 Å². The van der Waals surface area contributed by atoms with Crippen LogP contribution in [-0.2, 0) is 9.53 Å². The number of amides is 1. The molecule has 2 aliphatic rings. The standard InChI is InChI=1S/C20H24N2O2S.C2HF3O2/c1-13-2-5-19(18(8-13)15-6-7-25-12-15)22-20(23)24-11-14-9-16-3-4-17(10-14)21-16;3-2(4,5)1(6)7/h2,5-8,12,14,16-17,21H,3-4,9-11H2,1H3,(H,22,23);(H,6,7). The summed E-state index contributed by atoms with van der Waals surface area (Å²) in [6.07, 6.45) is -0.670. The van der Waals surface area contributed by atoms with E-state index >= 15 is 0 Å². The summed E-state index contributed by atoms with van der Waals surface area (Å²) >= 11 is 1.65. The molecule has 3 heterocycles. The van der Waals surface area contributed by atoms with Crippen LogP contribution in [0.4, 0.5) is 23.7 Å². The van der Waals surface area contributed by atoms with Crippen molar-refractivity contribution in [3.05, 3.63) is 40.6 Å². The van der Waals surface area contributed by atoms with Gasteiger partial charge in [-0.15, -0.1) is 0 Å². The number of rotatable bonds is 4. The monoisotopic (exact) mass is 470 g/mol. The van der Waals surface area contributed by atoms with Crippen LogP contribution in [0.2, 0.25) is 0 Å². The summed E-state index contributed by atoms with van der Waals surface area (Å²) in [5, 5.41) is 17.8. The van der Waals surface area contributed by atoms with Crippen LogP contribution in [0.3, 0.4) is 0 Å². The molecule has 174 valence electrons. The van der Waals surface area contributed by atoms with Gasteiger partial charge in [-0.25, -0.2) is 9.59 Å². The van der Waals surface area contributed by atoms with Gasteiger partial charge in [0.1, 0.15) is 0 Å². The van der Waals surface area contributed by atoms with Crippen molar-refractivity contribution in [3.63, 3.8) is 0 Å². The number of carboxylic acid groups (broad SMARTS) is 1. The van der Waals surface area contributed by atoms with Gasteiger partial charge in [0.2, 0.25) is 0 Å². The van der Waals surface area contributed by atoms with Gasteiger partial charge in [-0.1, -0.05) is 11.6 Å². The van der Waals surface area contributed by atoms with Crippen LogP contribution in [0.5, 0.6) is 0 Å². The number of thiophene rings is 1. The fourth-order valence-corrected chi connectivity index (χ4v) is 4.73. The van der Waals surface area contributed by atoms with Gasteiger partial charge in [0.05, 0.1) is 12.3 Å². The predicted octanol–water partition coefficient (Wildman–Crippen LogP) is 5.44. The lowest BCUT2D eigenvalue weighted by Crippen LogP contribution is -2.39. The number of fused-ring (bicyclic) bond motifs is 2. The topological polar surface area (TPSA) is 87.7 Å². The summed E-state index contributed by atoms with van der Waals surface area (Å²) < 4.78 is 37.3. The summed E-state index contributed by atoms with van der Waals surface area (Å²) in [5.74, 6) is -2.27. The number of nitrogens with one attached hydrogen (secondary N) is 2. The smallest absolute Gasteiger partial charge is 0.475 e. The molecule has 4 rings (SSSR count). The quantitative estimate of drug-likeness (QED) is 0.554. The van der Waals surface area contributed by atoms with Gasteiger partial charge >= 0.3 is 18.2 Å². The van der Waals surface area contributed by atoms with Crippen molar-refractivity contribution in [3.8, 4) is 11.1 Å². The lowest BCUT2D eigenvalue weighted by Gasteiger charge is -2.28. The Labute approximate surface area is 187 Å². The summed E-state index contributed by atoms with van der Waals surface area (Å²) in [7, 11) is 0. The van der Waals surface area contributed by atoms with Crippen LogP contribution in [0, 0.1) is 12.8 Å². The second kappa shape index (κ2) is 10.4. The summed E-state index contributed by atoms with van der Waals surface area (Å²) in [6.45, 7) is 2.57. The molecule has 2 aromatic rings. The van der Waals surface area contributed by atoms with Crippen molar-refractivity contribution < 1.29 is 32.6 Å². The lowest BCUT2D eigenvalue weighted by atomic mass is 9.93. The highest BCUT2D eigenvalue weighted by Gasteiger charge is 2.38. The Balaban J connectivity index is 0.000000360. The zero-order valence-electron chi connectivity index (χ0n) is 17.4. The third-order valence-electron chi connectivity index (χ3n) is 5.51. The minimum atomic E-state index is -5.08. The molecule has 2 unspecified atom stereocenters. The summed E-state index contributed by atoms with van der Waals surface area (Å²) in [4.78, 5) is 21.2. The molecule has 3 N–H and O–H groups in total. The van der Waals surface area contributed by atoms with Crippen LogP contribution >= 0.6 is 11.3 Å². The minimum absolute atomic E-state index is 0.355. The molecule has 1 amide bonds. The first-order valence-corrected chi connectivity index (χ1v) is 11.2. The maximum Gasteiger partial charge on any atom is 0.490 e. The first-order chi connectivity index (χ1) is 15.1. The van der Waals surface area contributed by atoms with Crippen molar-refractivity contribution in [1.82, 2.24) is 5.32 Å². The molecular formula is C22H25F3N2O4S. The highest BCUT2D eigenvalue weighted by Crippen LogP contribution is 2.32. The van der Waals surface area contributed by atoms with Gasteiger partial charge in [-0.3, -0.25) is 5.32 Å². The molecule has 2 fully saturated rings. The van der Waals surface area contributed by atoms with E-state index < -0.39 is 12.1 Å². The van der Waals surface area contributed by atoms with Gasteiger partial charge in [-0.05, 0) is 73.0 Å². The largest absolute Gasteiger partial charge is 0.490 e. The molecular weight excluding hydrogens is 445 g/mol. The van der Waals surface area contributed by atoms with E-state index in [9.17, 15) is 18.0 Å². The number of carboxylic acids is 1. The van der Waals surface area contributed by atoms with Crippen molar-refractivity contribution in [1.29, 1.82) is 0 Å². The van der Waals surface area contributed by atoms with E-state index in [0.717, 1.165) is 29.7 Å². The second-order valence-corrected chi connectivity index (χ2v) is 8.84. The first kappa shape index (κ1) is 24.1. The minimum Gasteiger partial charge on any atom is -0.475 e. The van der Waals surface area contributed by atoms with Crippen molar-refractivity contribution in [2.45, 2.75) is 50.9 Å². The molecule has 2 bridgehead atoms. The van der Waals surface area contributed by atoms with E-state index in [4.69, 9.17) is 14.6 Å². The first-order valence-electron chi connectivity index (χ1n) is 10.2. The molecule has 2 aliphatic heterocycles. The van der Waals surface area contributed by atoms with Crippen LogP contribution in [0.1, 0.15) is 31.2 Å². The van der Waals surface area contributed by atoms with Crippen LogP contribution in [-0.4, -0.2) is 42.0 Å². The summed E-state index contributed by atoms with van der Waals surface area (Å²) in [6, 6.07) is 9.38. The number of carbonyl (C=O) groups excluding carboxylic acids is 1. The number of piperidine rings is 1. The average Bonchev–Trinajstić information content (AvgIpc) is 3.37. The second-order valence-electron chi connectivity index (χ2n) is 8.06. The van der Waals surface area contributed by atoms with E-state index in [-0.39, 0.29) is 6.09 Å². The predicted molar refractivity (Wildman–Crippen MR) is 116 cm³/mol. The number of hydrogen-bond acceptors (Lipinski definition) is 5. The molecule has 0 aliphatic carbocycles. The third-order valence-corrected chi connectivity index (χ3v) is 6.19. The normalized spacial score (nSPS) is 21.9. The van der Waals surface area contributed by atoms with Crippen molar-refractivity contribution in [2.24, 2.45) is 5.92 Å². The fourth-order valence-electron chi connectivity index (χ4n) is 4.07. The van der Waals surface area contributed by atoms with Crippen molar-refractivity contribution >= 4 is 29.1 Å². The lowest BCUT2D eigenvalue weighted by molar-refractivity contribution is -0.192. The Morgan fingerprint density at radius 1 is 1.22 bits per heavy atom. The number of hydrogen-bond donors (Lipinski definition) is 3. The number of alkyl halides is 3. The molecule has 0 radical (unpaired) electrons. The van der Waals surface area contributed by atoms with Crippen LogP contribution < -0.4 is 10.6 Å². The van der Waals surface area contributed by atoms with Gasteiger partial charge < -0.3 is 15.2 Å². The average molecular weight is 471 g/mol. The van der Waals surface area contributed by atoms with E-state index in [1.165, 1.54) is 18.4 Å². The maximum absolute atomic E-state index is 12.3. The summed E-state index contributed by atoms with van der Waals surface area (Å²) in [5.41, 5.74) is 4.14. The molecule has 2 saturated heterocycles. The van der Waals surface area contributed by atoms with Gasteiger partial charge in [0.25, 0.3) is 0 Å². The molecule has 6 nitrogen and oxygen atoms in total. The number of ether oxygens (including phenoxy) is 1. The SMILES string of the molecule is Cc1ccc(NC(=O)OCC2CC3CCC(C2)N3)c(-c2ccsc2)c1.O=C(O)C(F)(F)F. The molecule has 10 heteroatoms. The number of halogens is 3. The van der Waals surface area contributed by atoms with E-state index in [1.54, 1.807) is 11.3 Å².